The standard InChI is InChI=1S/C20H28N4O3/c1-14(2)12-24-16(4)18(15(3)21-24)11-19(25)22-6-8-23(9-7-22)20(26)17-5-10-27-13-17/h5,10,13-14H,6-9,11-12H2,1-4H3. The summed E-state index contributed by atoms with van der Waals surface area (Å²) >= 11 is 0. The molecule has 0 radical (unpaired) electrons. The fourth-order valence-corrected chi connectivity index (χ4v) is 3.50. The number of hydrogen-bond acceptors (Lipinski definition) is 4. The van der Waals surface area contributed by atoms with Crippen LogP contribution in [0.5, 0.6) is 0 Å². The molecular weight excluding hydrogens is 344 g/mol. The lowest BCUT2D eigenvalue weighted by Crippen LogP contribution is -2.51. The summed E-state index contributed by atoms with van der Waals surface area (Å²) in [5.41, 5.74) is 3.58. The van der Waals surface area contributed by atoms with Crippen molar-refractivity contribution in [2.45, 2.75) is 40.7 Å². The van der Waals surface area contributed by atoms with Gasteiger partial charge in [0, 0.05) is 44.0 Å². The normalized spacial score (nSPS) is 14.9. The molecule has 1 aliphatic heterocycles. The summed E-state index contributed by atoms with van der Waals surface area (Å²) in [4.78, 5) is 28.8. The highest BCUT2D eigenvalue weighted by molar-refractivity contribution is 5.94. The minimum atomic E-state index is -0.0440. The van der Waals surface area contributed by atoms with E-state index in [0.717, 1.165) is 23.5 Å². The molecule has 3 heterocycles. The summed E-state index contributed by atoms with van der Waals surface area (Å²) < 4.78 is 6.98. The zero-order valence-electron chi connectivity index (χ0n) is 16.6. The van der Waals surface area contributed by atoms with Crippen LogP contribution in [0.3, 0.4) is 0 Å². The minimum Gasteiger partial charge on any atom is -0.472 e. The molecule has 0 N–H and O–H groups in total. The zero-order valence-corrected chi connectivity index (χ0v) is 16.6. The van der Waals surface area contributed by atoms with Crippen LogP contribution in [0.1, 0.15) is 41.2 Å². The summed E-state index contributed by atoms with van der Waals surface area (Å²) in [5.74, 6) is 0.561. The molecule has 7 heteroatoms. The van der Waals surface area contributed by atoms with E-state index in [9.17, 15) is 9.59 Å². The van der Waals surface area contributed by atoms with Crippen molar-refractivity contribution in [2.75, 3.05) is 26.2 Å². The predicted octanol–water partition coefficient (Wildman–Crippen LogP) is 2.28. The number of nitrogens with zero attached hydrogens (tertiary/aromatic N) is 4. The molecule has 0 bridgehead atoms. The fraction of sp³-hybridized carbons (Fsp3) is 0.550. The van der Waals surface area contributed by atoms with Crippen molar-refractivity contribution in [3.63, 3.8) is 0 Å². The van der Waals surface area contributed by atoms with E-state index in [1.54, 1.807) is 11.0 Å². The fourth-order valence-electron chi connectivity index (χ4n) is 3.50. The van der Waals surface area contributed by atoms with Crippen LogP contribution in [0.4, 0.5) is 0 Å². The molecule has 1 aliphatic rings. The van der Waals surface area contributed by atoms with Crippen molar-refractivity contribution in [1.29, 1.82) is 0 Å². The lowest BCUT2D eigenvalue weighted by atomic mass is 10.1. The quantitative estimate of drug-likeness (QED) is 0.807. The van der Waals surface area contributed by atoms with Gasteiger partial charge in [0.25, 0.3) is 5.91 Å². The van der Waals surface area contributed by atoms with Gasteiger partial charge in [0.2, 0.25) is 5.91 Å². The zero-order chi connectivity index (χ0) is 19.6. The van der Waals surface area contributed by atoms with E-state index in [4.69, 9.17) is 4.42 Å². The van der Waals surface area contributed by atoms with Crippen LogP contribution in [-0.4, -0.2) is 57.6 Å². The number of amides is 2. The first-order valence-corrected chi connectivity index (χ1v) is 9.49. The van der Waals surface area contributed by atoms with Crippen LogP contribution in [-0.2, 0) is 17.8 Å². The van der Waals surface area contributed by atoms with E-state index < -0.39 is 0 Å². The number of piperazine rings is 1. The van der Waals surface area contributed by atoms with Crippen LogP contribution < -0.4 is 0 Å². The monoisotopic (exact) mass is 372 g/mol. The number of rotatable bonds is 5. The van der Waals surface area contributed by atoms with Gasteiger partial charge in [-0.05, 0) is 25.8 Å². The third-order valence-electron chi connectivity index (χ3n) is 5.09. The molecule has 1 fully saturated rings. The Morgan fingerprint density at radius 2 is 1.81 bits per heavy atom. The molecule has 27 heavy (non-hydrogen) atoms. The average Bonchev–Trinajstić information content (AvgIpc) is 3.26. The Bertz CT molecular complexity index is 800. The van der Waals surface area contributed by atoms with Gasteiger partial charge in [-0.1, -0.05) is 13.8 Å². The van der Waals surface area contributed by atoms with Gasteiger partial charge in [0.15, 0.2) is 0 Å². The molecule has 2 amide bonds. The summed E-state index contributed by atoms with van der Waals surface area (Å²) in [6.07, 6.45) is 3.32. The van der Waals surface area contributed by atoms with Gasteiger partial charge in [0.1, 0.15) is 6.26 Å². The first-order chi connectivity index (χ1) is 12.9. The van der Waals surface area contributed by atoms with Crippen LogP contribution in [0.25, 0.3) is 0 Å². The summed E-state index contributed by atoms with van der Waals surface area (Å²) in [7, 11) is 0. The Hall–Kier alpha value is -2.57. The second kappa shape index (κ2) is 7.98. The first-order valence-electron chi connectivity index (χ1n) is 9.49. The van der Waals surface area contributed by atoms with E-state index in [0.29, 0.717) is 44.1 Å². The van der Waals surface area contributed by atoms with Gasteiger partial charge >= 0.3 is 0 Å². The third-order valence-corrected chi connectivity index (χ3v) is 5.09. The number of aromatic nitrogens is 2. The molecule has 2 aromatic heterocycles. The molecule has 0 aliphatic carbocycles. The van der Waals surface area contributed by atoms with Gasteiger partial charge in [0.05, 0.1) is 23.9 Å². The summed E-state index contributed by atoms with van der Waals surface area (Å²) in [5, 5.41) is 4.60. The van der Waals surface area contributed by atoms with E-state index in [-0.39, 0.29) is 11.8 Å². The van der Waals surface area contributed by atoms with Gasteiger partial charge in [-0.25, -0.2) is 0 Å². The maximum atomic E-state index is 12.8. The van der Waals surface area contributed by atoms with Crippen molar-refractivity contribution >= 4 is 11.8 Å². The molecule has 0 spiro atoms. The highest BCUT2D eigenvalue weighted by Crippen LogP contribution is 2.17. The Morgan fingerprint density at radius 1 is 1.15 bits per heavy atom. The van der Waals surface area contributed by atoms with Crippen molar-refractivity contribution in [2.24, 2.45) is 5.92 Å². The highest BCUT2D eigenvalue weighted by Gasteiger charge is 2.26. The van der Waals surface area contributed by atoms with E-state index in [1.165, 1.54) is 12.5 Å². The topological polar surface area (TPSA) is 71.6 Å². The summed E-state index contributed by atoms with van der Waals surface area (Å²) in [6, 6.07) is 1.67. The van der Waals surface area contributed by atoms with Crippen molar-refractivity contribution in [3.05, 3.63) is 41.1 Å². The second-order valence-corrected chi connectivity index (χ2v) is 7.59. The number of hydrogen-bond donors (Lipinski definition) is 0. The van der Waals surface area contributed by atoms with Gasteiger partial charge in [-0.15, -0.1) is 0 Å². The average molecular weight is 372 g/mol. The highest BCUT2D eigenvalue weighted by atomic mass is 16.3. The van der Waals surface area contributed by atoms with Gasteiger partial charge in [-0.3, -0.25) is 14.3 Å². The van der Waals surface area contributed by atoms with Crippen molar-refractivity contribution in [1.82, 2.24) is 19.6 Å². The molecule has 0 unspecified atom stereocenters. The first kappa shape index (κ1) is 19.2. The molecule has 3 rings (SSSR count). The lowest BCUT2D eigenvalue weighted by Gasteiger charge is -2.34. The number of carbonyl (C=O) groups is 2. The number of furan rings is 1. The van der Waals surface area contributed by atoms with E-state index in [2.05, 4.69) is 18.9 Å². The van der Waals surface area contributed by atoms with E-state index >= 15 is 0 Å². The molecule has 1 saturated heterocycles. The van der Waals surface area contributed by atoms with Crippen LogP contribution in [0.15, 0.2) is 23.0 Å². The Labute approximate surface area is 159 Å². The van der Waals surface area contributed by atoms with Crippen LogP contribution in [0.2, 0.25) is 0 Å². The lowest BCUT2D eigenvalue weighted by molar-refractivity contribution is -0.131. The van der Waals surface area contributed by atoms with Crippen LogP contribution >= 0.6 is 0 Å². The predicted molar refractivity (Wildman–Crippen MR) is 101 cm³/mol. The third kappa shape index (κ3) is 4.23. The molecule has 2 aromatic rings. The molecule has 7 nitrogen and oxygen atoms in total. The molecule has 0 aromatic carbocycles. The smallest absolute Gasteiger partial charge is 0.257 e. The SMILES string of the molecule is Cc1nn(CC(C)C)c(C)c1CC(=O)N1CCN(C(=O)c2ccoc2)CC1. The molecule has 0 atom stereocenters. The second-order valence-electron chi connectivity index (χ2n) is 7.59. The van der Waals surface area contributed by atoms with E-state index in [1.807, 2.05) is 23.4 Å². The molecular formula is C20H28N4O3. The van der Waals surface area contributed by atoms with Crippen molar-refractivity contribution < 1.29 is 14.0 Å². The number of aryl methyl sites for hydroxylation is 1. The molecule has 0 saturated carbocycles. The van der Waals surface area contributed by atoms with Gasteiger partial charge < -0.3 is 14.2 Å². The Morgan fingerprint density at radius 3 is 2.41 bits per heavy atom. The molecule has 146 valence electrons. The maximum absolute atomic E-state index is 12.8. The minimum absolute atomic E-state index is 0.0440. The summed E-state index contributed by atoms with van der Waals surface area (Å²) in [6.45, 7) is 11.4. The Kier molecular flexibility index (Phi) is 5.68. The maximum Gasteiger partial charge on any atom is 0.257 e. The van der Waals surface area contributed by atoms with Gasteiger partial charge in [-0.2, -0.15) is 5.10 Å². The Balaban J connectivity index is 1.59. The van der Waals surface area contributed by atoms with Crippen LogP contribution in [0, 0.1) is 19.8 Å². The largest absolute Gasteiger partial charge is 0.472 e. The number of carbonyl (C=O) groups excluding carboxylic acids is 2. The van der Waals surface area contributed by atoms with Crippen molar-refractivity contribution in [3.8, 4) is 0 Å².